The van der Waals surface area contributed by atoms with Crippen molar-refractivity contribution in [2.24, 2.45) is 5.41 Å². The van der Waals surface area contributed by atoms with Gasteiger partial charge < -0.3 is 15.0 Å². The van der Waals surface area contributed by atoms with Crippen molar-refractivity contribution in [3.8, 4) is 0 Å². The molecular weight excluding hydrogens is 372 g/mol. The van der Waals surface area contributed by atoms with Crippen LogP contribution in [0.4, 0.5) is 11.4 Å². The smallest absolute Gasteiger partial charge is 0.224 e. The molecule has 1 aliphatic heterocycles. The van der Waals surface area contributed by atoms with Crippen molar-refractivity contribution >= 4 is 17.3 Å². The van der Waals surface area contributed by atoms with E-state index in [-0.39, 0.29) is 16.9 Å². The lowest BCUT2D eigenvalue weighted by molar-refractivity contribution is -0.117. The van der Waals surface area contributed by atoms with Crippen LogP contribution >= 0.6 is 0 Å². The van der Waals surface area contributed by atoms with Crippen LogP contribution in [0.5, 0.6) is 0 Å². The molecule has 0 saturated carbocycles. The van der Waals surface area contributed by atoms with Crippen LogP contribution in [0, 0.1) is 19.3 Å². The lowest BCUT2D eigenvalue weighted by Crippen LogP contribution is -2.28. The number of amides is 1. The molecule has 0 unspecified atom stereocenters. The molecule has 0 spiro atoms. The fourth-order valence-electron chi connectivity index (χ4n) is 4.18. The molecule has 1 amide bonds. The second kappa shape index (κ2) is 8.81. The van der Waals surface area contributed by atoms with Crippen LogP contribution in [0.3, 0.4) is 0 Å². The zero-order valence-electron chi connectivity index (χ0n) is 19.3. The topological polar surface area (TPSA) is 41.6 Å². The van der Waals surface area contributed by atoms with Crippen molar-refractivity contribution < 1.29 is 9.53 Å². The lowest BCUT2D eigenvalue weighted by Gasteiger charge is -2.29. The summed E-state index contributed by atoms with van der Waals surface area (Å²) in [6.45, 7) is 15.1. The Morgan fingerprint density at radius 2 is 1.73 bits per heavy atom. The van der Waals surface area contributed by atoms with Crippen molar-refractivity contribution in [2.45, 2.75) is 60.0 Å². The summed E-state index contributed by atoms with van der Waals surface area (Å²) < 4.78 is 6.31. The van der Waals surface area contributed by atoms with Gasteiger partial charge in [-0.3, -0.25) is 4.79 Å². The summed E-state index contributed by atoms with van der Waals surface area (Å²) in [5.74, 6) is 0.0725. The Morgan fingerprint density at radius 1 is 1.10 bits per heavy atom. The number of aryl methyl sites for hydroxylation is 2. The summed E-state index contributed by atoms with van der Waals surface area (Å²) >= 11 is 0. The predicted octanol–water partition coefficient (Wildman–Crippen LogP) is 5.82. The quantitative estimate of drug-likeness (QED) is 0.693. The monoisotopic (exact) mass is 408 g/mol. The van der Waals surface area contributed by atoms with Crippen LogP contribution in [0.25, 0.3) is 0 Å². The first-order valence-corrected chi connectivity index (χ1v) is 10.9. The number of ether oxygens (including phenoxy) is 1. The van der Waals surface area contributed by atoms with E-state index >= 15 is 0 Å². The molecule has 0 radical (unpaired) electrons. The Bertz CT molecular complexity index is 863. The second-order valence-corrected chi connectivity index (χ2v) is 9.92. The van der Waals surface area contributed by atoms with E-state index in [4.69, 9.17) is 4.74 Å². The van der Waals surface area contributed by atoms with Gasteiger partial charge in [0, 0.05) is 30.9 Å². The van der Waals surface area contributed by atoms with E-state index in [2.05, 4.69) is 88.2 Å². The van der Waals surface area contributed by atoms with Crippen molar-refractivity contribution in [1.29, 1.82) is 0 Å². The fourth-order valence-corrected chi connectivity index (χ4v) is 4.18. The third-order valence-corrected chi connectivity index (χ3v) is 5.86. The van der Waals surface area contributed by atoms with E-state index in [0.29, 0.717) is 13.0 Å². The number of nitrogens with zero attached hydrogens (tertiary/aromatic N) is 1. The Kier molecular flexibility index (Phi) is 6.56. The van der Waals surface area contributed by atoms with E-state index in [1.165, 1.54) is 11.3 Å². The van der Waals surface area contributed by atoms with Crippen molar-refractivity contribution in [2.75, 3.05) is 29.9 Å². The molecule has 162 valence electrons. The van der Waals surface area contributed by atoms with E-state index in [1.54, 1.807) is 0 Å². The minimum Gasteiger partial charge on any atom is -0.369 e. The van der Waals surface area contributed by atoms with Crippen molar-refractivity contribution in [1.82, 2.24) is 0 Å². The summed E-state index contributed by atoms with van der Waals surface area (Å²) in [5, 5.41) is 3.13. The van der Waals surface area contributed by atoms with Crippen LogP contribution in [-0.4, -0.2) is 25.6 Å². The number of hydrogen-bond acceptors (Lipinski definition) is 3. The molecule has 1 aliphatic rings. The first-order chi connectivity index (χ1) is 14.1. The highest BCUT2D eigenvalue weighted by molar-refractivity contribution is 5.93. The minimum atomic E-state index is -0.263. The highest BCUT2D eigenvalue weighted by Crippen LogP contribution is 2.34. The van der Waals surface area contributed by atoms with E-state index < -0.39 is 0 Å². The molecule has 1 heterocycles. The van der Waals surface area contributed by atoms with Gasteiger partial charge in [-0.05, 0) is 61.4 Å². The highest BCUT2D eigenvalue weighted by atomic mass is 16.5. The van der Waals surface area contributed by atoms with Crippen LogP contribution in [-0.2, 0) is 15.1 Å². The average Bonchev–Trinajstić information content (AvgIpc) is 2.87. The Balaban J connectivity index is 1.74. The maximum atomic E-state index is 12.4. The van der Waals surface area contributed by atoms with Gasteiger partial charge in [-0.1, -0.05) is 51.1 Å². The van der Waals surface area contributed by atoms with Gasteiger partial charge in [-0.25, -0.2) is 0 Å². The van der Waals surface area contributed by atoms with E-state index in [0.717, 1.165) is 36.3 Å². The van der Waals surface area contributed by atoms with Gasteiger partial charge in [-0.15, -0.1) is 0 Å². The minimum absolute atomic E-state index is 0.0245. The highest BCUT2D eigenvalue weighted by Gasteiger charge is 2.31. The SMILES string of the molecule is Cc1cc(N2CCO[C@](C)(c3ccccc3)CC2)cc(C)c1NC(=O)CC(C)(C)C. The molecule has 1 atom stereocenters. The maximum Gasteiger partial charge on any atom is 0.224 e. The zero-order valence-corrected chi connectivity index (χ0v) is 19.3. The van der Waals surface area contributed by atoms with Crippen LogP contribution in [0.15, 0.2) is 42.5 Å². The third kappa shape index (κ3) is 5.42. The van der Waals surface area contributed by atoms with Gasteiger partial charge >= 0.3 is 0 Å². The van der Waals surface area contributed by atoms with Gasteiger partial charge in [0.25, 0.3) is 0 Å². The van der Waals surface area contributed by atoms with Crippen LogP contribution < -0.4 is 10.2 Å². The van der Waals surface area contributed by atoms with Crippen molar-refractivity contribution in [3.63, 3.8) is 0 Å². The first-order valence-electron chi connectivity index (χ1n) is 10.9. The molecule has 4 heteroatoms. The van der Waals surface area contributed by atoms with Crippen LogP contribution in [0.1, 0.15) is 57.2 Å². The summed E-state index contributed by atoms with van der Waals surface area (Å²) in [6.07, 6.45) is 1.44. The number of carbonyl (C=O) groups is 1. The second-order valence-electron chi connectivity index (χ2n) is 9.92. The molecule has 1 fully saturated rings. The maximum absolute atomic E-state index is 12.4. The Hall–Kier alpha value is -2.33. The number of rotatable bonds is 4. The molecule has 0 bridgehead atoms. The zero-order chi connectivity index (χ0) is 21.9. The number of hydrogen-bond donors (Lipinski definition) is 1. The molecule has 3 rings (SSSR count). The number of nitrogens with one attached hydrogen (secondary N) is 1. The largest absolute Gasteiger partial charge is 0.369 e. The number of carbonyl (C=O) groups excluding carboxylic acids is 1. The number of anilines is 2. The fraction of sp³-hybridized carbons (Fsp3) is 0.500. The van der Waals surface area contributed by atoms with Gasteiger partial charge in [0.15, 0.2) is 0 Å². The Morgan fingerprint density at radius 3 is 2.33 bits per heavy atom. The molecular formula is C26H36N2O2. The summed E-state index contributed by atoms with van der Waals surface area (Å²) in [6, 6.07) is 14.9. The third-order valence-electron chi connectivity index (χ3n) is 5.86. The van der Waals surface area contributed by atoms with Crippen LogP contribution in [0.2, 0.25) is 0 Å². The first kappa shape index (κ1) is 22.4. The summed E-state index contributed by atoms with van der Waals surface area (Å²) in [4.78, 5) is 14.8. The Labute approximate surface area is 181 Å². The normalized spacial score (nSPS) is 20.0. The summed E-state index contributed by atoms with van der Waals surface area (Å²) in [5.41, 5.74) is 5.28. The predicted molar refractivity (Wildman–Crippen MR) is 125 cm³/mol. The standard InChI is InChI=1S/C26H36N2O2/c1-19-16-22(17-20(2)24(19)27-23(29)18-25(3,4)5)28-13-12-26(6,30-15-14-28)21-10-8-7-9-11-21/h7-11,16-17H,12-15,18H2,1-6H3,(H,27,29)/t26-/m0/s1. The molecule has 30 heavy (non-hydrogen) atoms. The summed E-state index contributed by atoms with van der Waals surface area (Å²) in [7, 11) is 0. The molecule has 2 aromatic carbocycles. The molecule has 1 N–H and O–H groups in total. The number of benzene rings is 2. The molecule has 1 saturated heterocycles. The lowest BCUT2D eigenvalue weighted by atomic mass is 9.91. The average molecular weight is 409 g/mol. The molecule has 2 aromatic rings. The molecule has 0 aromatic heterocycles. The molecule has 0 aliphatic carbocycles. The van der Waals surface area contributed by atoms with Gasteiger partial charge in [-0.2, -0.15) is 0 Å². The van der Waals surface area contributed by atoms with E-state index in [9.17, 15) is 4.79 Å². The van der Waals surface area contributed by atoms with Gasteiger partial charge in [0.1, 0.15) is 0 Å². The van der Waals surface area contributed by atoms with Crippen molar-refractivity contribution in [3.05, 3.63) is 59.2 Å². The van der Waals surface area contributed by atoms with Gasteiger partial charge in [0.05, 0.1) is 12.2 Å². The van der Waals surface area contributed by atoms with Gasteiger partial charge in [0.2, 0.25) is 5.91 Å². The molecule has 4 nitrogen and oxygen atoms in total. The van der Waals surface area contributed by atoms with E-state index in [1.807, 2.05) is 6.07 Å².